The van der Waals surface area contributed by atoms with E-state index in [2.05, 4.69) is 6.58 Å². The van der Waals surface area contributed by atoms with Crippen LogP contribution in [0.15, 0.2) is 59.7 Å². The van der Waals surface area contributed by atoms with Crippen LogP contribution < -0.4 is 10.6 Å². The Bertz CT molecular complexity index is 1090. The van der Waals surface area contributed by atoms with Crippen LogP contribution in [0.5, 0.6) is 0 Å². The van der Waals surface area contributed by atoms with Gasteiger partial charge >= 0.3 is 17.9 Å². The van der Waals surface area contributed by atoms with Gasteiger partial charge in [-0.3, -0.25) is 9.59 Å². The number of benzene rings is 1. The number of ether oxygens (including phenoxy) is 4. The van der Waals surface area contributed by atoms with E-state index >= 15 is 0 Å². The minimum absolute atomic E-state index is 0.0770. The van der Waals surface area contributed by atoms with E-state index in [0.717, 1.165) is 21.3 Å². The van der Waals surface area contributed by atoms with E-state index < -0.39 is 47.1 Å². The lowest BCUT2D eigenvalue weighted by atomic mass is 9.67. The zero-order valence-electron chi connectivity index (χ0n) is 17.8. The molecule has 1 amide bonds. The fourth-order valence-corrected chi connectivity index (χ4v) is 4.05. The molecular formula is C22H22N2O8. The van der Waals surface area contributed by atoms with E-state index in [1.165, 1.54) is 11.0 Å². The van der Waals surface area contributed by atoms with E-state index in [9.17, 15) is 19.2 Å². The van der Waals surface area contributed by atoms with Gasteiger partial charge in [0, 0.05) is 17.8 Å². The molecule has 1 spiro atoms. The molecule has 0 saturated heterocycles. The number of hydrogen-bond acceptors (Lipinski definition) is 9. The summed E-state index contributed by atoms with van der Waals surface area (Å²) in [6.45, 7) is 3.75. The molecule has 1 aromatic rings. The lowest BCUT2D eigenvalue weighted by Gasteiger charge is -2.36. The summed E-state index contributed by atoms with van der Waals surface area (Å²) in [5.41, 5.74) is 3.98. The van der Waals surface area contributed by atoms with E-state index in [4.69, 9.17) is 24.7 Å². The van der Waals surface area contributed by atoms with Crippen molar-refractivity contribution in [1.82, 2.24) is 0 Å². The summed E-state index contributed by atoms with van der Waals surface area (Å²) in [7, 11) is 3.36. The third kappa shape index (κ3) is 3.11. The lowest BCUT2D eigenvalue weighted by molar-refractivity contribution is -0.141. The van der Waals surface area contributed by atoms with Crippen LogP contribution in [0, 0.1) is 0 Å². The van der Waals surface area contributed by atoms with Gasteiger partial charge in [-0.25, -0.2) is 9.59 Å². The first kappa shape index (κ1) is 22.6. The highest BCUT2D eigenvalue weighted by Gasteiger charge is 2.64. The molecule has 0 fully saturated rings. The maximum atomic E-state index is 14.0. The van der Waals surface area contributed by atoms with Crippen molar-refractivity contribution in [1.29, 1.82) is 0 Å². The Morgan fingerprint density at radius 3 is 2.31 bits per heavy atom. The highest BCUT2D eigenvalue weighted by molar-refractivity contribution is 6.22. The summed E-state index contributed by atoms with van der Waals surface area (Å²) in [6, 6.07) is 6.57. The number of anilines is 1. The van der Waals surface area contributed by atoms with Crippen molar-refractivity contribution in [3.8, 4) is 0 Å². The predicted octanol–water partition coefficient (Wildman–Crippen LogP) is 0.821. The summed E-state index contributed by atoms with van der Waals surface area (Å²) < 4.78 is 20.0. The van der Waals surface area contributed by atoms with Gasteiger partial charge in [0.25, 0.3) is 0 Å². The van der Waals surface area contributed by atoms with Crippen LogP contribution in [0.2, 0.25) is 0 Å². The topological polar surface area (TPSA) is 134 Å². The summed E-state index contributed by atoms with van der Waals surface area (Å²) in [4.78, 5) is 53.4. The normalized spacial score (nSPS) is 19.5. The van der Waals surface area contributed by atoms with Gasteiger partial charge in [0.1, 0.15) is 28.7 Å². The summed E-state index contributed by atoms with van der Waals surface area (Å²) in [5.74, 6) is -4.14. The van der Waals surface area contributed by atoms with Crippen LogP contribution in [0.1, 0.15) is 12.0 Å². The third-order valence-electron chi connectivity index (χ3n) is 5.30. The molecule has 10 heteroatoms. The van der Waals surface area contributed by atoms with Gasteiger partial charge in [-0.1, -0.05) is 24.3 Å². The van der Waals surface area contributed by atoms with Crippen LogP contribution in [0.3, 0.4) is 0 Å². The van der Waals surface area contributed by atoms with Gasteiger partial charge in [-0.15, -0.1) is 6.58 Å². The molecule has 0 radical (unpaired) electrons. The van der Waals surface area contributed by atoms with Gasteiger partial charge in [-0.05, 0) is 6.07 Å². The summed E-state index contributed by atoms with van der Waals surface area (Å²) in [6.07, 6.45) is 0.962. The average molecular weight is 442 g/mol. The minimum Gasteiger partial charge on any atom is -0.469 e. The van der Waals surface area contributed by atoms with Crippen molar-refractivity contribution in [2.75, 3.05) is 32.8 Å². The van der Waals surface area contributed by atoms with Crippen molar-refractivity contribution < 1.29 is 38.1 Å². The molecule has 2 heterocycles. The zero-order valence-corrected chi connectivity index (χ0v) is 17.8. The largest absolute Gasteiger partial charge is 0.469 e. The molecule has 2 N–H and O–H groups in total. The molecule has 0 unspecified atom stereocenters. The smallest absolute Gasteiger partial charge is 0.340 e. The zero-order chi connectivity index (χ0) is 23.6. The van der Waals surface area contributed by atoms with E-state index in [1.54, 1.807) is 24.3 Å². The van der Waals surface area contributed by atoms with Crippen molar-refractivity contribution in [3.05, 3.63) is 65.3 Å². The van der Waals surface area contributed by atoms with Crippen LogP contribution in [-0.4, -0.2) is 51.7 Å². The molecule has 1 aromatic carbocycles. The van der Waals surface area contributed by atoms with Crippen LogP contribution in [-0.2, 0) is 43.5 Å². The number of fused-ring (bicyclic) bond motifs is 2. The number of methoxy groups -OCH3 is 3. The molecule has 1 atom stereocenters. The Morgan fingerprint density at radius 2 is 1.72 bits per heavy atom. The first-order valence-electron chi connectivity index (χ1n) is 9.46. The Balaban J connectivity index is 2.49. The minimum atomic E-state index is -2.06. The number of nitrogens with zero attached hydrogens (tertiary/aromatic N) is 1. The van der Waals surface area contributed by atoms with Crippen molar-refractivity contribution in [2.45, 2.75) is 11.8 Å². The van der Waals surface area contributed by atoms with Gasteiger partial charge in [0.15, 0.2) is 0 Å². The molecule has 32 heavy (non-hydrogen) atoms. The van der Waals surface area contributed by atoms with Gasteiger partial charge < -0.3 is 29.6 Å². The number of hydrogen-bond donors (Lipinski definition) is 1. The second kappa shape index (κ2) is 8.58. The second-order valence-electron chi connectivity index (χ2n) is 6.85. The standard InChI is InChI=1S/C22H22N2O8/c1-5-10-24-13-9-7-6-8-12(13)22(21(24)28)16(19(26)30-3)14(11-15(25)29-2)32-18(23)17(22)20(27)31-4/h5-9H,1,10-11,23H2,2-4H3/t22-/m1/s1. The first-order valence-corrected chi connectivity index (χ1v) is 9.46. The molecule has 168 valence electrons. The number of amides is 1. The Morgan fingerprint density at radius 1 is 1.09 bits per heavy atom. The van der Waals surface area contributed by atoms with E-state index in [0.29, 0.717) is 5.69 Å². The maximum Gasteiger partial charge on any atom is 0.340 e. The molecule has 10 nitrogen and oxygen atoms in total. The number of carbonyl (C=O) groups excluding carboxylic acids is 4. The number of nitrogens with two attached hydrogens (primary N) is 1. The summed E-state index contributed by atoms with van der Waals surface area (Å²) in [5, 5.41) is 0. The van der Waals surface area contributed by atoms with Gasteiger partial charge in [0.05, 0.1) is 21.3 Å². The van der Waals surface area contributed by atoms with E-state index in [1.807, 2.05) is 0 Å². The summed E-state index contributed by atoms with van der Waals surface area (Å²) >= 11 is 0. The number of rotatable bonds is 6. The van der Waals surface area contributed by atoms with Gasteiger partial charge in [0.2, 0.25) is 11.8 Å². The van der Waals surface area contributed by atoms with Crippen molar-refractivity contribution in [2.24, 2.45) is 5.73 Å². The molecule has 2 aliphatic heterocycles. The fourth-order valence-electron chi connectivity index (χ4n) is 4.05. The van der Waals surface area contributed by atoms with Crippen molar-refractivity contribution >= 4 is 29.5 Å². The van der Waals surface area contributed by atoms with E-state index in [-0.39, 0.29) is 23.4 Å². The average Bonchev–Trinajstić information content (AvgIpc) is 3.02. The highest BCUT2D eigenvalue weighted by Crippen LogP contribution is 2.54. The Hall–Kier alpha value is -4.08. The molecule has 0 aromatic heterocycles. The molecule has 3 rings (SSSR count). The van der Waals surface area contributed by atoms with Crippen LogP contribution in [0.25, 0.3) is 0 Å². The van der Waals surface area contributed by atoms with Crippen molar-refractivity contribution in [3.63, 3.8) is 0 Å². The quantitative estimate of drug-likeness (QED) is 0.386. The van der Waals surface area contributed by atoms with Crippen LogP contribution >= 0.6 is 0 Å². The Kier molecular flexibility index (Phi) is 6.06. The number of esters is 3. The van der Waals surface area contributed by atoms with Crippen LogP contribution in [0.4, 0.5) is 5.69 Å². The second-order valence-corrected chi connectivity index (χ2v) is 6.85. The third-order valence-corrected chi connectivity index (χ3v) is 5.30. The predicted molar refractivity (Wildman–Crippen MR) is 111 cm³/mol. The molecule has 2 aliphatic rings. The highest BCUT2D eigenvalue weighted by atomic mass is 16.5. The number of para-hydroxylation sites is 1. The molecule has 0 saturated carbocycles. The van der Waals surface area contributed by atoms with Gasteiger partial charge in [-0.2, -0.15) is 0 Å². The molecule has 0 aliphatic carbocycles. The monoisotopic (exact) mass is 442 g/mol. The molecular weight excluding hydrogens is 420 g/mol. The fraction of sp³-hybridized carbons (Fsp3) is 0.273. The molecule has 0 bridgehead atoms. The SMILES string of the molecule is C=CCN1C(=O)[C@]2(C(C(=O)OC)=C(N)OC(CC(=O)OC)=C2C(=O)OC)c2ccccc21. The Labute approximate surface area is 183 Å². The maximum absolute atomic E-state index is 14.0. The first-order chi connectivity index (χ1) is 15.3. The lowest BCUT2D eigenvalue weighted by Crippen LogP contribution is -2.51. The number of carbonyl (C=O) groups is 4.